The Kier molecular flexibility index (Phi) is 6.79. The average molecular weight is 447 g/mol. The SMILES string of the molecule is COc1cccc(N(CCCC(=O)N[C@@H]2CC(C)(C)Oc3ccccc32)S(C)(=O)=O)c1. The number of sulfonamides is 1. The van der Waals surface area contributed by atoms with Crippen LogP contribution in [0.1, 0.15) is 44.7 Å². The summed E-state index contributed by atoms with van der Waals surface area (Å²) in [6.45, 7) is 4.20. The summed E-state index contributed by atoms with van der Waals surface area (Å²) in [4.78, 5) is 12.7. The van der Waals surface area contributed by atoms with E-state index in [-0.39, 0.29) is 30.5 Å². The maximum absolute atomic E-state index is 12.7. The van der Waals surface area contributed by atoms with E-state index in [1.807, 2.05) is 38.1 Å². The van der Waals surface area contributed by atoms with Crippen LogP contribution in [0.15, 0.2) is 48.5 Å². The minimum Gasteiger partial charge on any atom is -0.497 e. The highest BCUT2D eigenvalue weighted by molar-refractivity contribution is 7.92. The number of fused-ring (bicyclic) bond motifs is 1. The summed E-state index contributed by atoms with van der Waals surface area (Å²) in [5.41, 5.74) is 1.10. The van der Waals surface area contributed by atoms with Crippen molar-refractivity contribution in [1.29, 1.82) is 0 Å². The Morgan fingerprint density at radius 1 is 1.23 bits per heavy atom. The summed E-state index contributed by atoms with van der Waals surface area (Å²) in [5, 5.41) is 3.09. The predicted molar refractivity (Wildman–Crippen MR) is 121 cm³/mol. The van der Waals surface area contributed by atoms with Gasteiger partial charge in [-0.15, -0.1) is 0 Å². The molecule has 8 heteroatoms. The Bertz CT molecular complexity index is 1040. The monoisotopic (exact) mass is 446 g/mol. The zero-order chi connectivity index (χ0) is 22.6. The predicted octanol–water partition coefficient (Wildman–Crippen LogP) is 3.66. The van der Waals surface area contributed by atoms with Crippen LogP contribution in [0.25, 0.3) is 0 Å². The van der Waals surface area contributed by atoms with E-state index in [2.05, 4.69) is 5.32 Å². The minimum absolute atomic E-state index is 0.114. The Morgan fingerprint density at radius 2 is 1.97 bits per heavy atom. The maximum Gasteiger partial charge on any atom is 0.232 e. The third-order valence-electron chi connectivity index (χ3n) is 5.22. The Balaban J connectivity index is 1.63. The van der Waals surface area contributed by atoms with Gasteiger partial charge < -0.3 is 14.8 Å². The van der Waals surface area contributed by atoms with Gasteiger partial charge in [-0.05, 0) is 38.5 Å². The third-order valence-corrected chi connectivity index (χ3v) is 6.41. The van der Waals surface area contributed by atoms with Gasteiger partial charge in [-0.2, -0.15) is 0 Å². The quantitative estimate of drug-likeness (QED) is 0.669. The van der Waals surface area contributed by atoms with Gasteiger partial charge >= 0.3 is 0 Å². The molecule has 0 fully saturated rings. The molecule has 0 aliphatic carbocycles. The van der Waals surface area contributed by atoms with E-state index in [1.54, 1.807) is 24.3 Å². The minimum atomic E-state index is -3.49. The maximum atomic E-state index is 12.7. The van der Waals surface area contributed by atoms with Crippen LogP contribution in [0, 0.1) is 0 Å². The molecule has 0 spiro atoms. The first kappa shape index (κ1) is 22.9. The topological polar surface area (TPSA) is 84.9 Å². The fraction of sp³-hybridized carbons (Fsp3) is 0.435. The number of benzene rings is 2. The average Bonchev–Trinajstić information content (AvgIpc) is 2.69. The number of anilines is 1. The molecule has 0 saturated carbocycles. The lowest BCUT2D eigenvalue weighted by atomic mass is 9.89. The first-order valence-electron chi connectivity index (χ1n) is 10.3. The van der Waals surface area contributed by atoms with Crippen molar-refractivity contribution in [3.05, 3.63) is 54.1 Å². The molecule has 31 heavy (non-hydrogen) atoms. The van der Waals surface area contributed by atoms with Crippen LogP contribution >= 0.6 is 0 Å². The van der Waals surface area contributed by atoms with Crippen LogP contribution in [0.3, 0.4) is 0 Å². The number of hydrogen-bond donors (Lipinski definition) is 1. The van der Waals surface area contributed by atoms with E-state index >= 15 is 0 Å². The second-order valence-electron chi connectivity index (χ2n) is 8.36. The number of nitrogens with one attached hydrogen (secondary N) is 1. The standard InChI is InChI=1S/C23H30N2O5S/c1-23(2)16-20(19-11-5-6-12-21(19)30-23)24-22(26)13-8-14-25(31(4,27)28)17-9-7-10-18(15-17)29-3/h5-7,9-12,15,20H,8,13-14,16H2,1-4H3,(H,24,26)/t20-/m1/s1. The van der Waals surface area contributed by atoms with Crippen LogP contribution in [0.5, 0.6) is 11.5 Å². The third kappa shape index (κ3) is 5.91. The van der Waals surface area contributed by atoms with Crippen molar-refractivity contribution in [2.24, 2.45) is 0 Å². The van der Waals surface area contributed by atoms with Gasteiger partial charge in [-0.3, -0.25) is 9.10 Å². The molecule has 7 nitrogen and oxygen atoms in total. The van der Waals surface area contributed by atoms with E-state index in [0.29, 0.717) is 24.3 Å². The van der Waals surface area contributed by atoms with Crippen LogP contribution in [-0.4, -0.2) is 39.8 Å². The molecule has 1 amide bonds. The molecular formula is C23H30N2O5S. The number of para-hydroxylation sites is 1. The summed E-state index contributed by atoms with van der Waals surface area (Å²) in [6.07, 6.45) is 2.43. The molecule has 0 saturated heterocycles. The summed E-state index contributed by atoms with van der Waals surface area (Å²) in [5.74, 6) is 1.24. The van der Waals surface area contributed by atoms with Crippen LogP contribution < -0.4 is 19.1 Å². The molecule has 0 radical (unpaired) electrons. The zero-order valence-corrected chi connectivity index (χ0v) is 19.2. The highest BCUT2D eigenvalue weighted by Gasteiger charge is 2.34. The van der Waals surface area contributed by atoms with Gasteiger partial charge in [0.2, 0.25) is 15.9 Å². The van der Waals surface area contributed by atoms with Gasteiger partial charge in [0.05, 0.1) is 25.1 Å². The lowest BCUT2D eigenvalue weighted by Crippen LogP contribution is -2.41. The number of hydrogen-bond acceptors (Lipinski definition) is 5. The highest BCUT2D eigenvalue weighted by Crippen LogP contribution is 2.39. The molecule has 0 aromatic heterocycles. The van der Waals surface area contributed by atoms with E-state index in [1.165, 1.54) is 11.4 Å². The van der Waals surface area contributed by atoms with Crippen molar-refractivity contribution < 1.29 is 22.7 Å². The molecule has 1 aliphatic rings. The van der Waals surface area contributed by atoms with Crippen molar-refractivity contribution >= 4 is 21.6 Å². The van der Waals surface area contributed by atoms with Gasteiger partial charge in [0.15, 0.2) is 0 Å². The number of nitrogens with zero attached hydrogens (tertiary/aromatic N) is 1. The van der Waals surface area contributed by atoms with Gasteiger partial charge in [-0.25, -0.2) is 8.42 Å². The zero-order valence-electron chi connectivity index (χ0n) is 18.4. The lowest BCUT2D eigenvalue weighted by molar-refractivity contribution is -0.122. The van der Waals surface area contributed by atoms with Crippen molar-refractivity contribution in [3.8, 4) is 11.5 Å². The molecule has 168 valence electrons. The molecule has 0 unspecified atom stereocenters. The number of ether oxygens (including phenoxy) is 2. The Labute approximate surface area is 184 Å². The second kappa shape index (κ2) is 9.18. The van der Waals surface area contributed by atoms with Gasteiger partial charge in [0.1, 0.15) is 17.1 Å². The van der Waals surface area contributed by atoms with Crippen molar-refractivity contribution in [3.63, 3.8) is 0 Å². The number of carbonyl (C=O) groups excluding carboxylic acids is 1. The van der Waals surface area contributed by atoms with Crippen molar-refractivity contribution in [2.45, 2.75) is 44.8 Å². The molecular weight excluding hydrogens is 416 g/mol. The van der Waals surface area contributed by atoms with Crippen LogP contribution in [-0.2, 0) is 14.8 Å². The summed E-state index contributed by atoms with van der Waals surface area (Å²) < 4.78 is 37.1. The molecule has 1 N–H and O–H groups in total. The first-order chi connectivity index (χ1) is 14.6. The molecule has 1 atom stereocenters. The normalized spacial score (nSPS) is 17.2. The Morgan fingerprint density at radius 3 is 2.68 bits per heavy atom. The first-order valence-corrected chi connectivity index (χ1v) is 12.1. The summed E-state index contributed by atoms with van der Waals surface area (Å²) in [7, 11) is -1.96. The molecule has 1 heterocycles. The summed E-state index contributed by atoms with van der Waals surface area (Å²) in [6, 6.07) is 14.4. The summed E-state index contributed by atoms with van der Waals surface area (Å²) >= 11 is 0. The van der Waals surface area contributed by atoms with E-state index in [9.17, 15) is 13.2 Å². The molecule has 2 aromatic carbocycles. The molecule has 1 aliphatic heterocycles. The second-order valence-corrected chi connectivity index (χ2v) is 10.3. The fourth-order valence-corrected chi connectivity index (χ4v) is 4.79. The molecule has 0 bridgehead atoms. The Hall–Kier alpha value is -2.74. The van der Waals surface area contributed by atoms with Crippen LogP contribution in [0.2, 0.25) is 0 Å². The lowest BCUT2D eigenvalue weighted by Gasteiger charge is -2.37. The number of carbonyl (C=O) groups is 1. The molecule has 3 rings (SSSR count). The molecule has 2 aromatic rings. The fourth-order valence-electron chi connectivity index (χ4n) is 3.83. The number of amides is 1. The smallest absolute Gasteiger partial charge is 0.232 e. The van der Waals surface area contributed by atoms with Crippen molar-refractivity contribution in [1.82, 2.24) is 5.32 Å². The van der Waals surface area contributed by atoms with E-state index in [0.717, 1.165) is 17.6 Å². The van der Waals surface area contributed by atoms with Gasteiger partial charge in [-0.1, -0.05) is 24.3 Å². The highest BCUT2D eigenvalue weighted by atomic mass is 32.2. The largest absolute Gasteiger partial charge is 0.497 e. The van der Waals surface area contributed by atoms with Gasteiger partial charge in [0, 0.05) is 31.0 Å². The van der Waals surface area contributed by atoms with E-state index in [4.69, 9.17) is 9.47 Å². The van der Waals surface area contributed by atoms with Crippen LogP contribution in [0.4, 0.5) is 5.69 Å². The van der Waals surface area contributed by atoms with Crippen molar-refractivity contribution in [2.75, 3.05) is 24.2 Å². The number of methoxy groups -OCH3 is 1. The number of rotatable bonds is 8. The van der Waals surface area contributed by atoms with Gasteiger partial charge in [0.25, 0.3) is 0 Å². The van der Waals surface area contributed by atoms with E-state index < -0.39 is 10.0 Å².